The summed E-state index contributed by atoms with van der Waals surface area (Å²) in [6.45, 7) is 3.76. The molecule has 0 bridgehead atoms. The minimum Gasteiger partial charge on any atom is -0.338 e. The first-order valence-corrected chi connectivity index (χ1v) is 11.3. The molecule has 1 unspecified atom stereocenters. The largest absolute Gasteiger partial charge is 0.338 e. The van der Waals surface area contributed by atoms with Gasteiger partial charge in [-0.05, 0) is 54.5 Å². The summed E-state index contributed by atoms with van der Waals surface area (Å²) >= 11 is 1.49. The lowest BCUT2D eigenvalue weighted by atomic mass is 9.99. The fraction of sp³-hybridized carbons (Fsp3) is 0.250. The molecule has 7 heteroatoms. The highest BCUT2D eigenvalue weighted by Crippen LogP contribution is 2.28. The van der Waals surface area contributed by atoms with Crippen LogP contribution >= 0.6 is 11.3 Å². The van der Waals surface area contributed by atoms with Gasteiger partial charge in [-0.25, -0.2) is 4.98 Å². The van der Waals surface area contributed by atoms with Crippen molar-refractivity contribution in [3.63, 3.8) is 0 Å². The Morgan fingerprint density at radius 2 is 2.03 bits per heavy atom. The number of piperidine rings is 1. The van der Waals surface area contributed by atoms with Crippen molar-refractivity contribution in [3.05, 3.63) is 70.1 Å². The van der Waals surface area contributed by atoms with Gasteiger partial charge in [-0.15, -0.1) is 11.3 Å². The molecule has 1 atom stereocenters. The third-order valence-corrected chi connectivity index (χ3v) is 6.64. The fourth-order valence-electron chi connectivity index (χ4n) is 4.11. The Balaban J connectivity index is 1.47. The summed E-state index contributed by atoms with van der Waals surface area (Å²) in [6.07, 6.45) is 5.65. The van der Waals surface area contributed by atoms with Crippen LogP contribution in [0.2, 0.25) is 0 Å². The van der Waals surface area contributed by atoms with E-state index in [9.17, 15) is 9.59 Å². The highest BCUT2D eigenvalue weighted by atomic mass is 32.1. The van der Waals surface area contributed by atoms with Gasteiger partial charge in [0.2, 0.25) is 0 Å². The van der Waals surface area contributed by atoms with Crippen LogP contribution < -0.4 is 5.56 Å². The molecule has 1 aliphatic rings. The summed E-state index contributed by atoms with van der Waals surface area (Å²) in [5.74, 6) is 0.551. The van der Waals surface area contributed by atoms with E-state index >= 15 is 0 Å². The van der Waals surface area contributed by atoms with Crippen molar-refractivity contribution in [2.45, 2.75) is 19.8 Å². The lowest BCUT2D eigenvalue weighted by molar-refractivity contribution is 0.0683. The number of aromatic amines is 1. The van der Waals surface area contributed by atoms with Crippen LogP contribution in [0.3, 0.4) is 0 Å². The molecule has 31 heavy (non-hydrogen) atoms. The number of nitrogens with zero attached hydrogens (tertiary/aromatic N) is 3. The molecular weight excluding hydrogens is 408 g/mol. The molecule has 1 N–H and O–H groups in total. The lowest BCUT2D eigenvalue weighted by Crippen LogP contribution is -2.39. The van der Waals surface area contributed by atoms with Gasteiger partial charge < -0.3 is 9.88 Å². The second-order valence-electron chi connectivity index (χ2n) is 8.09. The molecule has 1 saturated heterocycles. The summed E-state index contributed by atoms with van der Waals surface area (Å²) < 4.78 is 0. The lowest BCUT2D eigenvalue weighted by Gasteiger charge is -2.31. The van der Waals surface area contributed by atoms with Crippen LogP contribution in [0, 0.1) is 5.92 Å². The van der Waals surface area contributed by atoms with Gasteiger partial charge in [0.25, 0.3) is 11.5 Å². The third-order valence-electron chi connectivity index (χ3n) is 5.74. The zero-order valence-electron chi connectivity index (χ0n) is 17.2. The van der Waals surface area contributed by atoms with Crippen molar-refractivity contribution in [3.8, 4) is 21.8 Å². The number of carbonyl (C=O) groups is 1. The van der Waals surface area contributed by atoms with E-state index in [-0.39, 0.29) is 11.5 Å². The third kappa shape index (κ3) is 3.88. The smallest absolute Gasteiger partial charge is 0.257 e. The maximum atomic E-state index is 12.9. The second kappa shape index (κ2) is 8.07. The molecule has 0 aliphatic carbocycles. The number of benzene rings is 1. The van der Waals surface area contributed by atoms with Crippen LogP contribution in [0.4, 0.5) is 0 Å². The molecule has 4 heterocycles. The van der Waals surface area contributed by atoms with Crippen LogP contribution in [0.25, 0.3) is 32.7 Å². The minimum atomic E-state index is -0.213. The molecule has 1 aliphatic heterocycles. The van der Waals surface area contributed by atoms with Crippen molar-refractivity contribution < 1.29 is 4.79 Å². The number of H-pyrrole nitrogens is 1. The number of hydrogen-bond donors (Lipinski definition) is 1. The van der Waals surface area contributed by atoms with Gasteiger partial charge >= 0.3 is 0 Å². The van der Waals surface area contributed by atoms with Crippen LogP contribution in [0.15, 0.2) is 59.0 Å². The van der Waals surface area contributed by atoms with E-state index in [0.29, 0.717) is 28.3 Å². The second-order valence-corrected chi connectivity index (χ2v) is 8.94. The molecule has 1 fully saturated rings. The normalized spacial score (nSPS) is 16.5. The maximum absolute atomic E-state index is 12.9. The van der Waals surface area contributed by atoms with E-state index in [1.807, 2.05) is 40.6 Å². The number of fused-ring (bicyclic) bond motifs is 1. The predicted molar refractivity (Wildman–Crippen MR) is 123 cm³/mol. The molecule has 5 rings (SSSR count). The number of aromatic nitrogens is 3. The average molecular weight is 431 g/mol. The number of likely N-dealkylation sites (tertiary alicyclic amines) is 1. The molecule has 1 amide bonds. The van der Waals surface area contributed by atoms with Crippen LogP contribution in [0.5, 0.6) is 0 Å². The number of carbonyl (C=O) groups excluding carboxylic acids is 1. The zero-order chi connectivity index (χ0) is 21.4. The molecule has 0 spiro atoms. The first-order chi connectivity index (χ1) is 15.1. The van der Waals surface area contributed by atoms with Crippen molar-refractivity contribution in [1.29, 1.82) is 0 Å². The molecule has 1 aromatic carbocycles. The van der Waals surface area contributed by atoms with Crippen molar-refractivity contribution in [1.82, 2.24) is 19.9 Å². The summed E-state index contributed by atoms with van der Waals surface area (Å²) in [6, 6.07) is 11.2. The highest BCUT2D eigenvalue weighted by Gasteiger charge is 2.22. The first-order valence-electron chi connectivity index (χ1n) is 10.4. The molecule has 3 aromatic heterocycles. The van der Waals surface area contributed by atoms with E-state index in [1.54, 1.807) is 18.5 Å². The zero-order valence-corrected chi connectivity index (χ0v) is 18.0. The molecule has 0 radical (unpaired) electrons. The number of rotatable bonds is 3. The Morgan fingerprint density at radius 3 is 2.84 bits per heavy atom. The van der Waals surface area contributed by atoms with Crippen LogP contribution in [0.1, 0.15) is 30.1 Å². The molecule has 156 valence electrons. The highest BCUT2D eigenvalue weighted by molar-refractivity contribution is 7.13. The van der Waals surface area contributed by atoms with Crippen molar-refractivity contribution in [2.75, 3.05) is 13.1 Å². The Labute approximate surface area is 183 Å². The fourth-order valence-corrected chi connectivity index (χ4v) is 4.93. The predicted octanol–water partition coefficient (Wildman–Crippen LogP) is 4.59. The molecule has 0 saturated carbocycles. The standard InChI is InChI=1S/C24H22N4O2S/c1-15-3-2-10-28(13-15)24(30)18-5-4-17-11-19(22(29)26-20(17)12-18)21-14-31-23(27-21)16-6-8-25-9-7-16/h4-9,11-12,14-15H,2-3,10,13H2,1H3,(H,26,29). The average Bonchev–Trinajstić information content (AvgIpc) is 3.28. The van der Waals surface area contributed by atoms with E-state index in [0.717, 1.165) is 41.9 Å². The van der Waals surface area contributed by atoms with Gasteiger partial charge in [0.15, 0.2) is 0 Å². The number of pyridine rings is 2. The van der Waals surface area contributed by atoms with Gasteiger partial charge in [0, 0.05) is 47.5 Å². The molecular formula is C24H22N4O2S. The summed E-state index contributed by atoms with van der Waals surface area (Å²) in [4.78, 5) is 39.3. The monoisotopic (exact) mass is 430 g/mol. The van der Waals surface area contributed by atoms with Crippen LogP contribution in [-0.4, -0.2) is 38.8 Å². The number of hydrogen-bond acceptors (Lipinski definition) is 5. The van der Waals surface area contributed by atoms with Crippen LogP contribution in [-0.2, 0) is 0 Å². The maximum Gasteiger partial charge on any atom is 0.257 e. The minimum absolute atomic E-state index is 0.0277. The summed E-state index contributed by atoms with van der Waals surface area (Å²) in [5.41, 5.74) is 3.19. The SMILES string of the molecule is CC1CCCN(C(=O)c2ccc3cc(-c4csc(-c5ccncc5)n4)c(=O)[nH]c3c2)C1. The molecule has 4 aromatic rings. The van der Waals surface area contributed by atoms with Gasteiger partial charge in [-0.1, -0.05) is 13.0 Å². The Kier molecular flexibility index (Phi) is 5.11. The van der Waals surface area contributed by atoms with Gasteiger partial charge in [-0.3, -0.25) is 14.6 Å². The summed E-state index contributed by atoms with van der Waals surface area (Å²) in [7, 11) is 0. The van der Waals surface area contributed by atoms with E-state index in [4.69, 9.17) is 0 Å². The van der Waals surface area contributed by atoms with Gasteiger partial charge in [0.1, 0.15) is 5.01 Å². The Hall–Kier alpha value is -3.32. The van der Waals surface area contributed by atoms with E-state index in [1.165, 1.54) is 11.3 Å². The van der Waals surface area contributed by atoms with Gasteiger partial charge in [0.05, 0.1) is 11.3 Å². The van der Waals surface area contributed by atoms with Crippen molar-refractivity contribution >= 4 is 28.1 Å². The van der Waals surface area contributed by atoms with Gasteiger partial charge in [-0.2, -0.15) is 0 Å². The van der Waals surface area contributed by atoms with Crippen molar-refractivity contribution in [2.24, 2.45) is 5.92 Å². The number of nitrogens with one attached hydrogen (secondary N) is 1. The first kappa shape index (κ1) is 19.6. The topological polar surface area (TPSA) is 79.0 Å². The van der Waals surface area contributed by atoms with E-state index in [2.05, 4.69) is 21.9 Å². The van der Waals surface area contributed by atoms with E-state index < -0.39 is 0 Å². The summed E-state index contributed by atoms with van der Waals surface area (Å²) in [5, 5.41) is 3.60. The Morgan fingerprint density at radius 1 is 1.19 bits per heavy atom. The number of amides is 1. The Bertz CT molecular complexity index is 1310. The quantitative estimate of drug-likeness (QED) is 0.516. The number of thiazole rings is 1. The molecule has 6 nitrogen and oxygen atoms in total.